The summed E-state index contributed by atoms with van der Waals surface area (Å²) >= 11 is 0. The second-order valence-corrected chi connectivity index (χ2v) is 8.58. The van der Waals surface area contributed by atoms with Crippen molar-refractivity contribution in [2.45, 2.75) is 46.6 Å². The van der Waals surface area contributed by atoms with Crippen molar-refractivity contribution >= 4 is 17.4 Å². The van der Waals surface area contributed by atoms with Crippen molar-refractivity contribution in [3.8, 4) is 11.5 Å². The number of para-hydroxylation sites is 1. The molecule has 1 heterocycles. The fourth-order valence-corrected chi connectivity index (χ4v) is 3.52. The lowest BCUT2D eigenvalue weighted by molar-refractivity contribution is 0.0985. The number of aromatic amines is 1. The van der Waals surface area contributed by atoms with E-state index in [2.05, 4.69) is 4.98 Å². The van der Waals surface area contributed by atoms with E-state index in [0.29, 0.717) is 35.9 Å². The number of benzene rings is 2. The molecule has 3 aromatic rings. The van der Waals surface area contributed by atoms with Crippen molar-refractivity contribution in [3.05, 3.63) is 81.0 Å². The Morgan fingerprint density at radius 3 is 2.32 bits per heavy atom. The molecule has 0 saturated heterocycles. The van der Waals surface area contributed by atoms with Gasteiger partial charge in [0.05, 0.1) is 0 Å². The van der Waals surface area contributed by atoms with Crippen LogP contribution in [-0.2, 0) is 6.54 Å². The number of ether oxygens (including phenoxy) is 1. The van der Waals surface area contributed by atoms with E-state index in [9.17, 15) is 14.4 Å². The van der Waals surface area contributed by atoms with Gasteiger partial charge in [0, 0.05) is 18.7 Å². The number of carbonyl (C=O) groups is 1. The first-order valence-corrected chi connectivity index (χ1v) is 11.6. The molecule has 0 atom stereocenters. The zero-order valence-electron chi connectivity index (χ0n) is 19.9. The van der Waals surface area contributed by atoms with Crippen LogP contribution in [0.5, 0.6) is 11.5 Å². The molecule has 34 heavy (non-hydrogen) atoms. The summed E-state index contributed by atoms with van der Waals surface area (Å²) < 4.78 is 7.13. The quantitative estimate of drug-likeness (QED) is 0.462. The van der Waals surface area contributed by atoms with Gasteiger partial charge < -0.3 is 15.4 Å². The van der Waals surface area contributed by atoms with E-state index in [4.69, 9.17) is 10.5 Å². The van der Waals surface area contributed by atoms with Crippen LogP contribution in [0.4, 0.5) is 11.5 Å². The van der Waals surface area contributed by atoms with Gasteiger partial charge in [-0.25, -0.2) is 4.79 Å². The largest absolute Gasteiger partial charge is 0.457 e. The zero-order chi connectivity index (χ0) is 24.7. The minimum atomic E-state index is -0.670. The molecule has 180 valence electrons. The summed E-state index contributed by atoms with van der Waals surface area (Å²) in [4.78, 5) is 42.4. The van der Waals surface area contributed by atoms with Crippen molar-refractivity contribution in [3.63, 3.8) is 0 Å². The molecule has 0 saturated carbocycles. The Balaban J connectivity index is 1.95. The van der Waals surface area contributed by atoms with Crippen LogP contribution in [0.15, 0.2) is 64.2 Å². The normalized spacial score (nSPS) is 10.9. The number of nitrogen functional groups attached to an aromatic ring is 1. The summed E-state index contributed by atoms with van der Waals surface area (Å²) in [5.74, 6) is 1.20. The minimum absolute atomic E-state index is 0.00309. The third-order valence-electron chi connectivity index (χ3n) is 5.47. The van der Waals surface area contributed by atoms with Crippen LogP contribution >= 0.6 is 0 Å². The van der Waals surface area contributed by atoms with Gasteiger partial charge in [-0.3, -0.25) is 19.1 Å². The molecule has 8 heteroatoms. The van der Waals surface area contributed by atoms with Crippen molar-refractivity contribution in [2.75, 3.05) is 17.2 Å². The van der Waals surface area contributed by atoms with Crippen LogP contribution in [-0.4, -0.2) is 22.0 Å². The number of hydrogen-bond donors (Lipinski definition) is 2. The fourth-order valence-electron chi connectivity index (χ4n) is 3.52. The number of hydrogen-bond acceptors (Lipinski definition) is 5. The molecule has 0 aliphatic heterocycles. The van der Waals surface area contributed by atoms with Crippen LogP contribution in [0.2, 0.25) is 0 Å². The molecule has 1 aromatic heterocycles. The monoisotopic (exact) mass is 464 g/mol. The summed E-state index contributed by atoms with van der Waals surface area (Å²) in [5.41, 5.74) is 5.44. The molecule has 0 spiro atoms. The number of amides is 1. The molecule has 0 radical (unpaired) electrons. The van der Waals surface area contributed by atoms with Crippen LogP contribution < -0.4 is 26.6 Å². The lowest BCUT2D eigenvalue weighted by Gasteiger charge is -2.25. The van der Waals surface area contributed by atoms with E-state index in [-0.39, 0.29) is 24.0 Å². The molecule has 3 N–H and O–H groups in total. The van der Waals surface area contributed by atoms with E-state index in [1.54, 1.807) is 24.3 Å². The lowest BCUT2D eigenvalue weighted by atomic mass is 10.1. The maximum atomic E-state index is 13.5. The third kappa shape index (κ3) is 5.95. The number of unbranched alkanes of at least 4 members (excludes halogenated alkanes) is 1. The molecule has 0 unspecified atom stereocenters. The molecular formula is C26H32N4O4. The third-order valence-corrected chi connectivity index (χ3v) is 5.47. The van der Waals surface area contributed by atoms with Gasteiger partial charge in [0.1, 0.15) is 17.3 Å². The molecule has 0 aliphatic rings. The topological polar surface area (TPSA) is 110 Å². The number of nitrogens with two attached hydrogens (primary N) is 1. The molecule has 3 rings (SSSR count). The SMILES string of the molecule is CCCCn1c(N)c(N(CCC(C)C)C(=O)c2ccc(Oc3ccccc3)cc2)c(=O)[nH]c1=O. The molecule has 2 aromatic carbocycles. The molecule has 0 fully saturated rings. The van der Waals surface area contributed by atoms with Gasteiger partial charge in [-0.1, -0.05) is 45.4 Å². The highest BCUT2D eigenvalue weighted by Gasteiger charge is 2.25. The molecular weight excluding hydrogens is 432 g/mol. The second kappa shape index (κ2) is 11.4. The smallest absolute Gasteiger partial charge is 0.330 e. The first kappa shape index (κ1) is 24.8. The Labute approximate surface area is 199 Å². The van der Waals surface area contributed by atoms with Crippen LogP contribution in [0, 0.1) is 5.92 Å². The summed E-state index contributed by atoms with van der Waals surface area (Å²) in [5, 5.41) is 0. The first-order chi connectivity index (χ1) is 16.3. The Morgan fingerprint density at radius 1 is 1.06 bits per heavy atom. The maximum absolute atomic E-state index is 13.5. The van der Waals surface area contributed by atoms with Crippen LogP contribution in [0.1, 0.15) is 50.4 Å². The Kier molecular flexibility index (Phi) is 8.29. The standard InChI is InChI=1S/C26H32N4O4/c1-4-5-16-30-23(27)22(24(31)28-26(30)33)29(17-15-18(2)3)25(32)19-11-13-21(14-12-19)34-20-9-7-6-8-10-20/h6-14,18H,4-5,15-17,27H2,1-3H3,(H,28,31,33). The number of anilines is 2. The Morgan fingerprint density at radius 2 is 1.71 bits per heavy atom. The highest BCUT2D eigenvalue weighted by Crippen LogP contribution is 2.24. The van der Waals surface area contributed by atoms with E-state index in [1.165, 1.54) is 9.47 Å². The Hall–Kier alpha value is -3.81. The Bertz CT molecular complexity index is 1210. The van der Waals surface area contributed by atoms with Crippen molar-refractivity contribution in [2.24, 2.45) is 5.92 Å². The summed E-state index contributed by atoms with van der Waals surface area (Å²) in [7, 11) is 0. The predicted molar refractivity (Wildman–Crippen MR) is 135 cm³/mol. The van der Waals surface area contributed by atoms with Gasteiger partial charge >= 0.3 is 5.69 Å². The second-order valence-electron chi connectivity index (χ2n) is 8.58. The molecule has 1 amide bonds. The molecule has 0 aliphatic carbocycles. The van der Waals surface area contributed by atoms with Gasteiger partial charge in [0.2, 0.25) is 0 Å². The highest BCUT2D eigenvalue weighted by molar-refractivity contribution is 6.07. The minimum Gasteiger partial charge on any atom is -0.457 e. The number of carbonyl (C=O) groups excluding carboxylic acids is 1. The van der Waals surface area contributed by atoms with Gasteiger partial charge in [0.15, 0.2) is 5.69 Å². The average Bonchev–Trinajstić information content (AvgIpc) is 2.81. The zero-order valence-corrected chi connectivity index (χ0v) is 19.9. The van der Waals surface area contributed by atoms with Crippen molar-refractivity contribution in [1.82, 2.24) is 9.55 Å². The van der Waals surface area contributed by atoms with Gasteiger partial charge in [0.25, 0.3) is 11.5 Å². The number of aromatic nitrogens is 2. The summed E-state index contributed by atoms with van der Waals surface area (Å²) in [6.07, 6.45) is 2.24. The van der Waals surface area contributed by atoms with E-state index >= 15 is 0 Å². The van der Waals surface area contributed by atoms with Crippen molar-refractivity contribution in [1.29, 1.82) is 0 Å². The number of H-pyrrole nitrogens is 1. The van der Waals surface area contributed by atoms with Gasteiger partial charge in [-0.2, -0.15) is 0 Å². The maximum Gasteiger partial charge on any atom is 0.330 e. The van der Waals surface area contributed by atoms with Gasteiger partial charge in [-0.05, 0) is 55.2 Å². The van der Waals surface area contributed by atoms with Crippen molar-refractivity contribution < 1.29 is 9.53 Å². The van der Waals surface area contributed by atoms with Crippen LogP contribution in [0.25, 0.3) is 0 Å². The fraction of sp³-hybridized carbons (Fsp3) is 0.346. The van der Waals surface area contributed by atoms with E-state index < -0.39 is 11.2 Å². The predicted octanol–water partition coefficient (Wildman–Crippen LogP) is 4.40. The average molecular weight is 465 g/mol. The highest BCUT2D eigenvalue weighted by atomic mass is 16.5. The lowest BCUT2D eigenvalue weighted by Crippen LogP contribution is -2.42. The number of nitrogens with zero attached hydrogens (tertiary/aromatic N) is 2. The number of rotatable bonds is 10. The van der Waals surface area contributed by atoms with E-state index in [0.717, 1.165) is 12.8 Å². The first-order valence-electron chi connectivity index (χ1n) is 11.6. The summed E-state index contributed by atoms with van der Waals surface area (Å²) in [6.45, 7) is 6.72. The summed E-state index contributed by atoms with van der Waals surface area (Å²) in [6, 6.07) is 16.1. The van der Waals surface area contributed by atoms with Crippen LogP contribution in [0.3, 0.4) is 0 Å². The van der Waals surface area contributed by atoms with E-state index in [1.807, 2.05) is 51.1 Å². The molecule has 0 bridgehead atoms. The molecule has 8 nitrogen and oxygen atoms in total. The van der Waals surface area contributed by atoms with Gasteiger partial charge in [-0.15, -0.1) is 0 Å². The number of nitrogens with one attached hydrogen (secondary N) is 1.